The highest BCUT2D eigenvalue weighted by Crippen LogP contribution is 2.23. The van der Waals surface area contributed by atoms with Crippen molar-refractivity contribution in [1.29, 1.82) is 0 Å². The van der Waals surface area contributed by atoms with Crippen LogP contribution in [0.3, 0.4) is 0 Å². The van der Waals surface area contributed by atoms with E-state index >= 15 is 0 Å². The third kappa shape index (κ3) is 2.84. The summed E-state index contributed by atoms with van der Waals surface area (Å²) in [6, 6.07) is 6.22. The van der Waals surface area contributed by atoms with Crippen LogP contribution >= 0.6 is 11.6 Å². The van der Waals surface area contributed by atoms with Gasteiger partial charge < -0.3 is 14.8 Å². The summed E-state index contributed by atoms with van der Waals surface area (Å²) in [4.78, 5) is 21.1. The average molecular weight is 348 g/mol. The molecule has 0 saturated carbocycles. The van der Waals surface area contributed by atoms with Crippen LogP contribution in [0.5, 0.6) is 0 Å². The third-order valence-electron chi connectivity index (χ3n) is 5.11. The number of rotatable bonds is 3. The first-order chi connectivity index (χ1) is 11.6. The Labute approximate surface area is 146 Å². The monoisotopic (exact) mass is 347 g/mol. The van der Waals surface area contributed by atoms with Crippen molar-refractivity contribution >= 4 is 28.7 Å². The largest absolute Gasteiger partial charge is 0.336 e. The number of halogens is 1. The average Bonchev–Trinajstić information content (AvgIpc) is 3.12. The van der Waals surface area contributed by atoms with Gasteiger partial charge in [-0.05, 0) is 37.6 Å². The van der Waals surface area contributed by atoms with Crippen molar-refractivity contribution < 1.29 is 4.79 Å². The molecule has 1 N–H and O–H groups in total. The number of piperidine rings is 1. The van der Waals surface area contributed by atoms with Gasteiger partial charge in [0, 0.05) is 37.7 Å². The first-order valence-corrected chi connectivity index (χ1v) is 8.87. The Balaban J connectivity index is 1.50. The molecular formula is C17H22ClN5O. The predicted molar refractivity (Wildman–Crippen MR) is 94.1 cm³/mol. The fourth-order valence-electron chi connectivity index (χ4n) is 3.83. The maximum Gasteiger partial charge on any atom is 0.317 e. The number of nitrogens with zero attached hydrogens (tertiary/aromatic N) is 4. The molecular weight excluding hydrogens is 326 g/mol. The van der Waals surface area contributed by atoms with Crippen LogP contribution in [-0.4, -0.2) is 57.6 Å². The van der Waals surface area contributed by atoms with E-state index in [0.717, 1.165) is 62.4 Å². The molecule has 2 amide bonds. The number of fused-ring (bicyclic) bond motifs is 1. The summed E-state index contributed by atoms with van der Waals surface area (Å²) in [6.07, 6.45) is 2.20. The van der Waals surface area contributed by atoms with E-state index in [1.54, 1.807) is 0 Å². The summed E-state index contributed by atoms with van der Waals surface area (Å²) in [5, 5.41) is 3.62. The zero-order valence-electron chi connectivity index (χ0n) is 13.8. The van der Waals surface area contributed by atoms with Gasteiger partial charge in [0.05, 0.1) is 17.6 Å². The second-order valence-corrected chi connectivity index (χ2v) is 7.11. The lowest BCUT2D eigenvalue weighted by molar-refractivity contribution is 0.119. The molecule has 1 aromatic carbocycles. The molecule has 2 fully saturated rings. The highest BCUT2D eigenvalue weighted by Gasteiger charge is 2.31. The van der Waals surface area contributed by atoms with Gasteiger partial charge in [0.2, 0.25) is 0 Å². The fourth-order valence-corrected chi connectivity index (χ4v) is 3.99. The molecule has 4 rings (SSSR count). The number of benzene rings is 1. The second kappa shape index (κ2) is 6.26. The van der Waals surface area contributed by atoms with Gasteiger partial charge >= 0.3 is 6.03 Å². The molecule has 2 aliphatic rings. The first-order valence-electron chi connectivity index (χ1n) is 8.49. The highest BCUT2D eigenvalue weighted by atomic mass is 35.5. The van der Waals surface area contributed by atoms with Crippen molar-refractivity contribution in [3.8, 4) is 0 Å². The molecule has 1 atom stereocenters. The number of likely N-dealkylation sites (tertiary alicyclic amines) is 1. The van der Waals surface area contributed by atoms with E-state index in [1.807, 2.05) is 30.1 Å². The number of carbonyl (C=O) groups excluding carboxylic acids is 1. The van der Waals surface area contributed by atoms with Gasteiger partial charge in [0.25, 0.3) is 0 Å². The lowest BCUT2D eigenvalue weighted by Gasteiger charge is -2.36. The van der Waals surface area contributed by atoms with Crippen LogP contribution in [0.25, 0.3) is 11.0 Å². The minimum Gasteiger partial charge on any atom is -0.336 e. The van der Waals surface area contributed by atoms with Crippen LogP contribution < -0.4 is 5.32 Å². The van der Waals surface area contributed by atoms with E-state index in [-0.39, 0.29) is 6.03 Å². The van der Waals surface area contributed by atoms with Gasteiger partial charge in [-0.25, -0.2) is 9.78 Å². The minimum absolute atomic E-state index is 0.0826. The van der Waals surface area contributed by atoms with E-state index < -0.39 is 0 Å². The van der Waals surface area contributed by atoms with Crippen molar-refractivity contribution in [3.05, 3.63) is 29.0 Å². The van der Waals surface area contributed by atoms with Crippen molar-refractivity contribution in [2.24, 2.45) is 7.05 Å². The summed E-state index contributed by atoms with van der Waals surface area (Å²) in [7, 11) is 2.05. The van der Waals surface area contributed by atoms with Crippen molar-refractivity contribution in [1.82, 2.24) is 24.7 Å². The summed E-state index contributed by atoms with van der Waals surface area (Å²) in [6.45, 7) is 4.35. The zero-order chi connectivity index (χ0) is 16.7. The Morgan fingerprint density at radius 2 is 2.25 bits per heavy atom. The van der Waals surface area contributed by atoms with E-state index in [9.17, 15) is 4.79 Å². The molecule has 0 spiro atoms. The maximum atomic E-state index is 11.9. The Bertz CT molecular complexity index is 774. The van der Waals surface area contributed by atoms with Gasteiger partial charge in [-0.1, -0.05) is 11.6 Å². The number of hydrogen-bond acceptors (Lipinski definition) is 3. The first kappa shape index (κ1) is 15.7. The molecule has 0 radical (unpaired) electrons. The zero-order valence-corrected chi connectivity index (χ0v) is 14.6. The molecule has 2 aliphatic heterocycles. The number of imidazole rings is 1. The second-order valence-electron chi connectivity index (χ2n) is 6.68. The number of aryl methyl sites for hydroxylation is 1. The van der Waals surface area contributed by atoms with Gasteiger partial charge in [-0.15, -0.1) is 0 Å². The molecule has 1 unspecified atom stereocenters. The smallest absolute Gasteiger partial charge is 0.317 e. The van der Waals surface area contributed by atoms with Gasteiger partial charge in [0.15, 0.2) is 0 Å². The Hall–Kier alpha value is -1.79. The lowest BCUT2D eigenvalue weighted by atomic mass is 10.0. The molecule has 2 saturated heterocycles. The standard InChI is InChI=1S/C17H22ClN5O/c1-21-15-5-4-12(18)9-14(15)20-16(21)11-22-7-2-3-13(10-22)23-8-6-19-17(23)24/h4-5,9,13H,2-3,6-8,10-11H2,1H3,(H,19,24). The van der Waals surface area contributed by atoms with Crippen LogP contribution in [0.4, 0.5) is 4.79 Å². The Kier molecular flexibility index (Phi) is 4.10. The normalized spacial score (nSPS) is 22.3. The van der Waals surface area contributed by atoms with Crippen LogP contribution in [0.2, 0.25) is 5.02 Å². The Morgan fingerprint density at radius 3 is 3.04 bits per heavy atom. The molecule has 3 heterocycles. The molecule has 128 valence electrons. The number of urea groups is 1. The minimum atomic E-state index is 0.0826. The molecule has 6 nitrogen and oxygen atoms in total. The summed E-state index contributed by atoms with van der Waals surface area (Å²) < 4.78 is 2.14. The highest BCUT2D eigenvalue weighted by molar-refractivity contribution is 6.31. The molecule has 1 aromatic heterocycles. The van der Waals surface area contributed by atoms with E-state index in [1.165, 1.54) is 0 Å². The third-order valence-corrected chi connectivity index (χ3v) is 5.35. The van der Waals surface area contributed by atoms with E-state index in [2.05, 4.69) is 14.8 Å². The summed E-state index contributed by atoms with van der Waals surface area (Å²) in [5.41, 5.74) is 2.04. The maximum absolute atomic E-state index is 11.9. The van der Waals surface area contributed by atoms with Crippen LogP contribution in [0, 0.1) is 0 Å². The Morgan fingerprint density at radius 1 is 1.38 bits per heavy atom. The summed E-state index contributed by atoms with van der Waals surface area (Å²) >= 11 is 6.07. The number of carbonyl (C=O) groups is 1. The van der Waals surface area contributed by atoms with Crippen molar-refractivity contribution in [3.63, 3.8) is 0 Å². The predicted octanol–water partition coefficient (Wildman–Crippen LogP) is 2.22. The number of amides is 2. The van der Waals surface area contributed by atoms with E-state index in [0.29, 0.717) is 11.1 Å². The number of nitrogens with one attached hydrogen (secondary N) is 1. The lowest BCUT2D eigenvalue weighted by Crippen LogP contribution is -2.48. The number of hydrogen-bond donors (Lipinski definition) is 1. The molecule has 24 heavy (non-hydrogen) atoms. The van der Waals surface area contributed by atoms with Crippen molar-refractivity contribution in [2.75, 3.05) is 26.2 Å². The van der Waals surface area contributed by atoms with E-state index in [4.69, 9.17) is 16.6 Å². The van der Waals surface area contributed by atoms with Crippen LogP contribution in [0.15, 0.2) is 18.2 Å². The van der Waals surface area contributed by atoms with Crippen LogP contribution in [-0.2, 0) is 13.6 Å². The molecule has 7 heteroatoms. The summed E-state index contributed by atoms with van der Waals surface area (Å²) in [5.74, 6) is 1.04. The van der Waals surface area contributed by atoms with Gasteiger partial charge in [-0.3, -0.25) is 4.90 Å². The SMILES string of the molecule is Cn1c(CN2CCCC(N3CCNC3=O)C2)nc2cc(Cl)ccc21. The number of aromatic nitrogens is 2. The molecule has 0 aliphatic carbocycles. The topological polar surface area (TPSA) is 53.4 Å². The molecule has 2 aromatic rings. The van der Waals surface area contributed by atoms with Gasteiger partial charge in [0.1, 0.15) is 5.82 Å². The van der Waals surface area contributed by atoms with Crippen LogP contribution in [0.1, 0.15) is 18.7 Å². The molecule has 0 bridgehead atoms. The quantitative estimate of drug-likeness (QED) is 0.926. The van der Waals surface area contributed by atoms with Gasteiger partial charge in [-0.2, -0.15) is 0 Å². The van der Waals surface area contributed by atoms with Crippen molar-refractivity contribution in [2.45, 2.75) is 25.4 Å². The fraction of sp³-hybridized carbons (Fsp3) is 0.529.